The van der Waals surface area contributed by atoms with Crippen LogP contribution in [-0.2, 0) is 4.79 Å². The molecule has 8 heteroatoms. The second-order valence-electron chi connectivity index (χ2n) is 2.57. The van der Waals surface area contributed by atoms with Gasteiger partial charge in [0.1, 0.15) is 0 Å². The molecule has 1 aromatic rings. The van der Waals surface area contributed by atoms with Crippen LogP contribution in [0.25, 0.3) is 0 Å². The molecule has 1 amide bonds. The molecule has 0 aromatic heterocycles. The summed E-state index contributed by atoms with van der Waals surface area (Å²) >= 11 is 6.02. The quantitative estimate of drug-likeness (QED) is 0.833. The molecule has 0 aliphatic rings. The van der Waals surface area contributed by atoms with Crippen LogP contribution in [0.3, 0.4) is 0 Å². The zero-order valence-electron chi connectivity index (χ0n) is 7.44. The average molecular weight is 363 g/mol. The standard InChI is InChI=1S/C8H4Br2F3NO2/c9-4-1-5(10)7(14-3-15)6(2-4)16-8(11,12)13/h1-3H,(H,14,15). The van der Waals surface area contributed by atoms with Crippen molar-refractivity contribution in [2.24, 2.45) is 0 Å². The van der Waals surface area contributed by atoms with Gasteiger partial charge in [-0.05, 0) is 28.1 Å². The van der Waals surface area contributed by atoms with Crippen molar-refractivity contribution in [3.05, 3.63) is 21.1 Å². The molecule has 0 heterocycles. The van der Waals surface area contributed by atoms with E-state index >= 15 is 0 Å². The predicted octanol–water partition coefficient (Wildman–Crippen LogP) is 3.68. The van der Waals surface area contributed by atoms with Gasteiger partial charge in [-0.15, -0.1) is 13.2 Å². The van der Waals surface area contributed by atoms with Crippen molar-refractivity contribution in [1.29, 1.82) is 0 Å². The fourth-order valence-corrected chi connectivity index (χ4v) is 2.25. The minimum Gasteiger partial charge on any atom is -0.403 e. The molecule has 88 valence electrons. The number of anilines is 1. The lowest BCUT2D eigenvalue weighted by Crippen LogP contribution is -2.18. The lowest BCUT2D eigenvalue weighted by molar-refractivity contribution is -0.274. The largest absolute Gasteiger partial charge is 0.573 e. The van der Waals surface area contributed by atoms with Crippen LogP contribution in [0.5, 0.6) is 5.75 Å². The van der Waals surface area contributed by atoms with Gasteiger partial charge in [0.25, 0.3) is 0 Å². The predicted molar refractivity (Wildman–Crippen MR) is 58.2 cm³/mol. The summed E-state index contributed by atoms with van der Waals surface area (Å²) in [4.78, 5) is 10.2. The highest BCUT2D eigenvalue weighted by Gasteiger charge is 2.32. The number of alkyl halides is 3. The van der Waals surface area contributed by atoms with Crippen LogP contribution < -0.4 is 10.1 Å². The van der Waals surface area contributed by atoms with E-state index in [2.05, 4.69) is 41.9 Å². The smallest absolute Gasteiger partial charge is 0.403 e. The van der Waals surface area contributed by atoms with Gasteiger partial charge in [-0.3, -0.25) is 4.79 Å². The van der Waals surface area contributed by atoms with Gasteiger partial charge in [0.15, 0.2) is 5.75 Å². The van der Waals surface area contributed by atoms with Gasteiger partial charge >= 0.3 is 6.36 Å². The lowest BCUT2D eigenvalue weighted by Gasteiger charge is -2.14. The first-order valence-corrected chi connectivity index (χ1v) is 5.37. The molecule has 1 rings (SSSR count). The van der Waals surface area contributed by atoms with E-state index in [9.17, 15) is 18.0 Å². The van der Waals surface area contributed by atoms with Crippen LogP contribution >= 0.6 is 31.9 Å². The number of ether oxygens (including phenoxy) is 1. The summed E-state index contributed by atoms with van der Waals surface area (Å²) in [5, 5.41) is 2.12. The molecule has 0 atom stereocenters. The minimum atomic E-state index is -4.82. The molecule has 0 saturated heterocycles. The molecule has 0 fully saturated rings. The molecule has 0 aliphatic heterocycles. The van der Waals surface area contributed by atoms with Crippen molar-refractivity contribution in [2.45, 2.75) is 6.36 Å². The molecule has 0 unspecified atom stereocenters. The van der Waals surface area contributed by atoms with Crippen molar-refractivity contribution in [1.82, 2.24) is 0 Å². The molecule has 0 aliphatic carbocycles. The third kappa shape index (κ3) is 3.67. The van der Waals surface area contributed by atoms with Crippen molar-refractivity contribution >= 4 is 44.0 Å². The number of nitrogens with one attached hydrogen (secondary N) is 1. The van der Waals surface area contributed by atoms with E-state index < -0.39 is 12.1 Å². The maximum absolute atomic E-state index is 12.1. The molecular weight excluding hydrogens is 359 g/mol. The summed E-state index contributed by atoms with van der Waals surface area (Å²) in [7, 11) is 0. The molecule has 1 N–H and O–H groups in total. The van der Waals surface area contributed by atoms with Crippen LogP contribution in [0.15, 0.2) is 21.1 Å². The summed E-state index contributed by atoms with van der Waals surface area (Å²) in [5.74, 6) is -0.499. The van der Waals surface area contributed by atoms with Gasteiger partial charge in [0.05, 0.1) is 5.69 Å². The number of carbonyl (C=O) groups excluding carboxylic acids is 1. The van der Waals surface area contributed by atoms with E-state index in [1.54, 1.807) is 0 Å². The first-order valence-electron chi connectivity index (χ1n) is 3.78. The highest BCUT2D eigenvalue weighted by molar-refractivity contribution is 9.11. The molecular formula is C8H4Br2F3NO2. The number of benzene rings is 1. The maximum Gasteiger partial charge on any atom is 0.573 e. The average Bonchev–Trinajstić information content (AvgIpc) is 2.08. The zero-order chi connectivity index (χ0) is 12.3. The Balaban J connectivity index is 3.18. The van der Waals surface area contributed by atoms with E-state index in [1.165, 1.54) is 6.07 Å². The fraction of sp³-hybridized carbons (Fsp3) is 0.125. The van der Waals surface area contributed by atoms with Crippen LogP contribution in [0.4, 0.5) is 18.9 Å². The van der Waals surface area contributed by atoms with E-state index in [0.717, 1.165) is 6.07 Å². The van der Waals surface area contributed by atoms with Crippen LogP contribution in [0.1, 0.15) is 0 Å². The number of rotatable bonds is 3. The van der Waals surface area contributed by atoms with E-state index in [-0.39, 0.29) is 16.6 Å². The van der Waals surface area contributed by atoms with Crippen molar-refractivity contribution < 1.29 is 22.7 Å². The summed E-state index contributed by atoms with van der Waals surface area (Å²) in [5.41, 5.74) is -0.0875. The number of hydrogen-bond donors (Lipinski definition) is 1. The molecule has 16 heavy (non-hydrogen) atoms. The van der Waals surface area contributed by atoms with Crippen molar-refractivity contribution in [3.63, 3.8) is 0 Å². The van der Waals surface area contributed by atoms with Crippen LogP contribution in [0.2, 0.25) is 0 Å². The topological polar surface area (TPSA) is 38.3 Å². The third-order valence-corrected chi connectivity index (χ3v) is 2.53. The SMILES string of the molecule is O=CNc1c(Br)cc(Br)cc1OC(F)(F)F. The van der Waals surface area contributed by atoms with Crippen molar-refractivity contribution in [2.75, 3.05) is 5.32 Å². The summed E-state index contributed by atoms with van der Waals surface area (Å²) in [6.07, 6.45) is -4.56. The normalized spacial score (nSPS) is 11.1. The Bertz CT molecular complexity index is 409. The fourth-order valence-electron chi connectivity index (χ4n) is 0.954. The second kappa shape index (κ2) is 5.05. The van der Waals surface area contributed by atoms with Gasteiger partial charge in [-0.25, -0.2) is 0 Å². The van der Waals surface area contributed by atoms with Crippen molar-refractivity contribution in [3.8, 4) is 5.75 Å². The van der Waals surface area contributed by atoms with Gasteiger partial charge in [0.2, 0.25) is 6.41 Å². The summed E-state index contributed by atoms with van der Waals surface area (Å²) < 4.78 is 40.6. The number of amides is 1. The summed E-state index contributed by atoms with van der Waals surface area (Å²) in [6, 6.07) is 2.58. The third-order valence-electron chi connectivity index (χ3n) is 1.45. The van der Waals surface area contributed by atoms with Gasteiger partial charge in [-0.2, -0.15) is 0 Å². The molecule has 1 aromatic carbocycles. The van der Waals surface area contributed by atoms with E-state index in [4.69, 9.17) is 0 Å². The first-order chi connectivity index (χ1) is 7.33. The highest BCUT2D eigenvalue weighted by atomic mass is 79.9. The Morgan fingerprint density at radius 3 is 2.44 bits per heavy atom. The van der Waals surface area contributed by atoms with Crippen LogP contribution in [-0.4, -0.2) is 12.8 Å². The number of hydrogen-bond acceptors (Lipinski definition) is 2. The first kappa shape index (κ1) is 13.3. The Hall–Kier alpha value is -0.760. The Labute approximate surface area is 105 Å². The summed E-state index contributed by atoms with van der Waals surface area (Å²) in [6.45, 7) is 0. The van der Waals surface area contributed by atoms with Gasteiger partial charge in [0, 0.05) is 8.95 Å². The van der Waals surface area contributed by atoms with E-state index in [0.29, 0.717) is 4.47 Å². The lowest BCUT2D eigenvalue weighted by atomic mass is 10.3. The molecule has 0 radical (unpaired) electrons. The van der Waals surface area contributed by atoms with E-state index in [1.807, 2.05) is 0 Å². The Morgan fingerprint density at radius 2 is 1.94 bits per heavy atom. The van der Waals surface area contributed by atoms with Gasteiger partial charge < -0.3 is 10.1 Å². The molecule has 0 saturated carbocycles. The zero-order valence-corrected chi connectivity index (χ0v) is 10.6. The minimum absolute atomic E-state index is 0.0875. The molecule has 3 nitrogen and oxygen atoms in total. The monoisotopic (exact) mass is 361 g/mol. The highest BCUT2D eigenvalue weighted by Crippen LogP contribution is 2.38. The molecule has 0 bridgehead atoms. The molecule has 0 spiro atoms. The Kier molecular flexibility index (Phi) is 4.20. The Morgan fingerprint density at radius 1 is 1.31 bits per heavy atom. The number of carbonyl (C=O) groups is 1. The number of halogens is 5. The second-order valence-corrected chi connectivity index (χ2v) is 4.34. The van der Waals surface area contributed by atoms with Crippen LogP contribution in [0, 0.1) is 0 Å². The van der Waals surface area contributed by atoms with Gasteiger partial charge in [-0.1, -0.05) is 15.9 Å². The maximum atomic E-state index is 12.1.